The van der Waals surface area contributed by atoms with Gasteiger partial charge in [0.1, 0.15) is 12.6 Å². The molecule has 0 aliphatic heterocycles. The maximum atomic E-state index is 13.9. The van der Waals surface area contributed by atoms with E-state index < -0.39 is 5.41 Å². The van der Waals surface area contributed by atoms with Crippen molar-refractivity contribution in [2.45, 2.75) is 78.9 Å². The third-order valence-electron chi connectivity index (χ3n) is 9.01. The SMILES string of the molecule is CC=C[C@]1(C)C[C@@H](OCOC)[C@@]2(C)C3C(OC)CCC3(CC[C@H]2C)[C@@H](C)C1=O. The van der Waals surface area contributed by atoms with E-state index in [1.54, 1.807) is 7.11 Å². The monoisotopic (exact) mass is 392 g/mol. The Morgan fingerprint density at radius 1 is 1.14 bits per heavy atom. The molecule has 0 N–H and O–H groups in total. The smallest absolute Gasteiger partial charge is 0.146 e. The van der Waals surface area contributed by atoms with Crippen molar-refractivity contribution >= 4 is 5.78 Å². The van der Waals surface area contributed by atoms with Crippen LogP contribution in [0.2, 0.25) is 0 Å². The molecule has 160 valence electrons. The number of Topliss-reactive ketones (excluding diaryl/α,β-unsaturated/α-hetero) is 1. The average Bonchev–Trinajstić information content (AvgIpc) is 3.07. The summed E-state index contributed by atoms with van der Waals surface area (Å²) in [4.78, 5) is 13.9. The van der Waals surface area contributed by atoms with E-state index >= 15 is 0 Å². The minimum absolute atomic E-state index is 0.0109. The average molecular weight is 393 g/mol. The molecule has 2 bridgehead atoms. The molecular formula is C24H40O4. The Labute approximate surface area is 171 Å². The molecule has 4 heteroatoms. The molecule has 28 heavy (non-hydrogen) atoms. The van der Waals surface area contributed by atoms with Gasteiger partial charge in [0.25, 0.3) is 0 Å². The first-order chi connectivity index (χ1) is 13.2. The van der Waals surface area contributed by atoms with Crippen molar-refractivity contribution in [2.75, 3.05) is 21.0 Å². The van der Waals surface area contributed by atoms with Crippen molar-refractivity contribution in [1.29, 1.82) is 0 Å². The molecule has 0 aromatic carbocycles. The number of ketones is 1. The van der Waals surface area contributed by atoms with Crippen molar-refractivity contribution in [3.8, 4) is 0 Å². The van der Waals surface area contributed by atoms with Crippen LogP contribution in [0.15, 0.2) is 12.2 Å². The van der Waals surface area contributed by atoms with Gasteiger partial charge in [-0.15, -0.1) is 0 Å². The van der Waals surface area contributed by atoms with E-state index in [-0.39, 0.29) is 35.7 Å². The highest BCUT2D eigenvalue weighted by atomic mass is 16.7. The Morgan fingerprint density at radius 3 is 2.43 bits per heavy atom. The van der Waals surface area contributed by atoms with Gasteiger partial charge in [0.15, 0.2) is 0 Å². The Balaban J connectivity index is 2.20. The summed E-state index contributed by atoms with van der Waals surface area (Å²) in [6.45, 7) is 11.4. The van der Waals surface area contributed by atoms with Crippen LogP contribution in [-0.2, 0) is 19.0 Å². The number of carbonyl (C=O) groups excluding carboxylic acids is 1. The molecule has 0 aromatic rings. The Morgan fingerprint density at radius 2 is 1.82 bits per heavy atom. The van der Waals surface area contributed by atoms with E-state index in [0.29, 0.717) is 24.0 Å². The lowest BCUT2D eigenvalue weighted by molar-refractivity contribution is -0.217. The summed E-state index contributed by atoms with van der Waals surface area (Å²) >= 11 is 0. The number of hydrogen-bond acceptors (Lipinski definition) is 4. The van der Waals surface area contributed by atoms with Gasteiger partial charge in [0.2, 0.25) is 0 Å². The van der Waals surface area contributed by atoms with E-state index in [0.717, 1.165) is 25.7 Å². The van der Waals surface area contributed by atoms with Gasteiger partial charge in [-0.2, -0.15) is 0 Å². The van der Waals surface area contributed by atoms with Gasteiger partial charge in [0.05, 0.1) is 12.2 Å². The van der Waals surface area contributed by atoms with E-state index in [4.69, 9.17) is 14.2 Å². The van der Waals surface area contributed by atoms with Crippen LogP contribution in [0.4, 0.5) is 0 Å². The molecule has 3 rings (SSSR count). The van der Waals surface area contributed by atoms with Crippen LogP contribution in [0.5, 0.6) is 0 Å². The minimum atomic E-state index is -0.506. The predicted octanol–water partition coefficient (Wildman–Crippen LogP) is 5.01. The lowest BCUT2D eigenvalue weighted by Gasteiger charge is -2.62. The largest absolute Gasteiger partial charge is 0.381 e. The molecule has 0 heterocycles. The van der Waals surface area contributed by atoms with Crippen LogP contribution >= 0.6 is 0 Å². The van der Waals surface area contributed by atoms with Gasteiger partial charge >= 0.3 is 0 Å². The number of allylic oxidation sites excluding steroid dienone is 2. The van der Waals surface area contributed by atoms with Crippen LogP contribution < -0.4 is 0 Å². The molecule has 3 aliphatic carbocycles. The van der Waals surface area contributed by atoms with Crippen molar-refractivity contribution in [2.24, 2.45) is 34.0 Å². The van der Waals surface area contributed by atoms with Gasteiger partial charge < -0.3 is 14.2 Å². The third kappa shape index (κ3) is 3.02. The molecule has 3 aliphatic rings. The van der Waals surface area contributed by atoms with Crippen molar-refractivity contribution in [3.05, 3.63) is 12.2 Å². The van der Waals surface area contributed by atoms with Crippen LogP contribution in [0.3, 0.4) is 0 Å². The first-order valence-electron chi connectivity index (χ1n) is 11.0. The summed E-state index contributed by atoms with van der Waals surface area (Å²) in [6.07, 6.45) is 9.38. The number of methoxy groups -OCH3 is 2. The topological polar surface area (TPSA) is 44.8 Å². The maximum Gasteiger partial charge on any atom is 0.146 e. The second-order valence-electron chi connectivity index (χ2n) is 10.1. The molecule has 3 fully saturated rings. The molecule has 4 nitrogen and oxygen atoms in total. The Kier molecular flexibility index (Phi) is 6.16. The lowest BCUT2D eigenvalue weighted by atomic mass is 9.44. The lowest BCUT2D eigenvalue weighted by Crippen LogP contribution is -2.62. The zero-order chi connectivity index (χ0) is 20.7. The van der Waals surface area contributed by atoms with Gasteiger partial charge in [0, 0.05) is 31.0 Å². The summed E-state index contributed by atoms with van der Waals surface area (Å²) in [5.74, 6) is 1.26. The van der Waals surface area contributed by atoms with E-state index in [9.17, 15) is 4.79 Å². The number of carbonyl (C=O) groups is 1. The fourth-order valence-corrected chi connectivity index (χ4v) is 7.35. The highest BCUT2D eigenvalue weighted by Gasteiger charge is 2.67. The first kappa shape index (κ1) is 22.0. The van der Waals surface area contributed by atoms with Crippen LogP contribution in [-0.4, -0.2) is 39.0 Å². The minimum Gasteiger partial charge on any atom is -0.381 e. The zero-order valence-electron chi connectivity index (χ0n) is 18.9. The second-order valence-corrected chi connectivity index (χ2v) is 10.1. The molecule has 0 saturated heterocycles. The molecule has 0 radical (unpaired) electrons. The Bertz CT molecular complexity index is 616. The molecule has 8 atom stereocenters. The van der Waals surface area contributed by atoms with Crippen molar-refractivity contribution < 1.29 is 19.0 Å². The predicted molar refractivity (Wildman–Crippen MR) is 111 cm³/mol. The second kappa shape index (κ2) is 7.85. The molecule has 0 aromatic heterocycles. The highest BCUT2D eigenvalue weighted by Crippen LogP contribution is 2.68. The fraction of sp³-hybridized carbons (Fsp3) is 0.875. The normalized spacial score (nSPS) is 49.1. The highest BCUT2D eigenvalue weighted by molar-refractivity contribution is 5.89. The molecular weight excluding hydrogens is 352 g/mol. The molecule has 3 saturated carbocycles. The van der Waals surface area contributed by atoms with Crippen LogP contribution in [0.1, 0.15) is 66.7 Å². The third-order valence-corrected chi connectivity index (χ3v) is 9.01. The van der Waals surface area contributed by atoms with E-state index in [1.807, 2.05) is 20.1 Å². The summed E-state index contributed by atoms with van der Waals surface area (Å²) in [7, 11) is 3.51. The standard InChI is InChI=1S/C24H40O4/c1-8-11-22(4)14-19(28-15-26-6)23(5)16(2)9-12-24(17(3)21(22)25)13-10-18(27-7)20(23)24/h8,11,16-20H,9-10,12-15H2,1-7H3/t16-,17+,18?,19-,20?,22-,23+,24?/m1/s1. The number of hydrogen-bond donors (Lipinski definition) is 0. The summed E-state index contributed by atoms with van der Waals surface area (Å²) in [5, 5.41) is 0. The summed E-state index contributed by atoms with van der Waals surface area (Å²) in [6, 6.07) is 0. The summed E-state index contributed by atoms with van der Waals surface area (Å²) in [5.41, 5.74) is -0.545. The number of rotatable bonds is 5. The maximum absolute atomic E-state index is 13.9. The fourth-order valence-electron chi connectivity index (χ4n) is 7.35. The van der Waals surface area contributed by atoms with E-state index in [2.05, 4.69) is 33.8 Å². The van der Waals surface area contributed by atoms with Crippen molar-refractivity contribution in [1.82, 2.24) is 0 Å². The quantitative estimate of drug-likeness (QED) is 0.487. The zero-order valence-corrected chi connectivity index (χ0v) is 18.9. The molecule has 3 unspecified atom stereocenters. The van der Waals surface area contributed by atoms with Crippen LogP contribution in [0.25, 0.3) is 0 Å². The first-order valence-corrected chi connectivity index (χ1v) is 11.0. The van der Waals surface area contributed by atoms with Gasteiger partial charge in [-0.05, 0) is 63.2 Å². The summed E-state index contributed by atoms with van der Waals surface area (Å²) < 4.78 is 17.7. The Hall–Kier alpha value is -0.710. The van der Waals surface area contributed by atoms with E-state index in [1.165, 1.54) is 0 Å². The molecule has 0 spiro atoms. The van der Waals surface area contributed by atoms with Crippen molar-refractivity contribution in [3.63, 3.8) is 0 Å². The van der Waals surface area contributed by atoms with Gasteiger partial charge in [-0.3, -0.25) is 4.79 Å². The molecule has 0 amide bonds. The van der Waals surface area contributed by atoms with Gasteiger partial charge in [-0.25, -0.2) is 0 Å². The van der Waals surface area contributed by atoms with Gasteiger partial charge in [-0.1, -0.05) is 32.9 Å². The van der Waals surface area contributed by atoms with Crippen LogP contribution in [0, 0.1) is 34.0 Å². The number of ether oxygens (including phenoxy) is 3.